The van der Waals surface area contributed by atoms with Gasteiger partial charge in [-0.2, -0.15) is 9.97 Å². The number of ether oxygens (including phenoxy) is 1. The first kappa shape index (κ1) is 57.0. The first-order chi connectivity index (χ1) is 40.5. The van der Waals surface area contributed by atoms with Crippen molar-refractivity contribution in [3.05, 3.63) is 101 Å². The zero-order valence-electron chi connectivity index (χ0n) is 47.5. The van der Waals surface area contributed by atoms with Gasteiger partial charge in [-0.05, 0) is 80.2 Å². The van der Waals surface area contributed by atoms with Gasteiger partial charge in [0, 0.05) is 114 Å². The molecule has 0 spiro atoms. The molecule has 4 unspecified atom stereocenters. The molecule has 0 radical (unpaired) electrons. The zero-order chi connectivity index (χ0) is 58.6. The number of anilines is 2. The summed E-state index contributed by atoms with van der Waals surface area (Å²) in [5.41, 5.74) is 3.20. The highest BCUT2D eigenvalue weighted by Gasteiger charge is 2.44. The molecule has 12 rings (SSSR count). The number of likely N-dealkylation sites (tertiary alicyclic amines) is 2. The summed E-state index contributed by atoms with van der Waals surface area (Å²) in [6.45, 7) is 13.3. The number of nitrogens with zero attached hydrogens (tertiary/aromatic N) is 10. The first-order valence-electron chi connectivity index (χ1n) is 29.1. The van der Waals surface area contributed by atoms with Crippen LogP contribution in [0.15, 0.2) is 70.8 Å². The van der Waals surface area contributed by atoms with E-state index in [-0.39, 0.29) is 101 Å². The number of carbonyl (C=O) groups is 2. The standard InChI is InChI=1S/C62H69F3N12O6S/c1-6-45-48(63)14-11-40-25-43(78)26-46(53(40)45)55-54(64)56-47(29-66-55)58(76-30-41-12-13-42(31-76)69-41)71-61(70-56)82-24-23-73-17-15-62(65,16-18-73)33-74-19-21-75(22-20-74)51-28-50(83-72-51)52(35(2)3)60(81)77-32-44(79)27-49(77)59(80)68-36(4)38-7-9-39(10-8-38)57-37(5)67-34-84-57/h1,7-11,14,25-26,28-29,34-36,41-42,44,49,52,69,78-79H,12-13,15-24,27,30-33H2,2-5H3,(H,68,80)/t36?,41?,42?,44-,49+,52?/m1/s1. The minimum absolute atomic E-state index is 0.0219. The summed E-state index contributed by atoms with van der Waals surface area (Å²) in [6.07, 6.45) is 9.22. The highest BCUT2D eigenvalue weighted by Crippen LogP contribution is 2.41. The van der Waals surface area contributed by atoms with Gasteiger partial charge in [-0.15, -0.1) is 17.8 Å². The first-order valence-corrected chi connectivity index (χ1v) is 29.9. The van der Waals surface area contributed by atoms with Crippen molar-refractivity contribution in [1.82, 2.24) is 50.4 Å². The molecule has 3 aromatic carbocycles. The number of piperazine rings is 2. The quantitative estimate of drug-likeness (QED) is 0.0684. The minimum atomic E-state index is -1.40. The molecule has 4 N–H and O–H groups in total. The minimum Gasteiger partial charge on any atom is -0.508 e. The molecule has 22 heteroatoms. The number of amides is 2. The van der Waals surface area contributed by atoms with E-state index in [1.54, 1.807) is 17.4 Å². The topological polar surface area (TPSA) is 202 Å². The molecule has 6 atom stereocenters. The maximum atomic E-state index is 17.1. The molecule has 0 saturated carbocycles. The van der Waals surface area contributed by atoms with Crippen LogP contribution < -0.4 is 25.2 Å². The van der Waals surface area contributed by atoms with E-state index in [9.17, 15) is 19.8 Å². The van der Waals surface area contributed by atoms with Crippen LogP contribution in [-0.4, -0.2) is 170 Å². The van der Waals surface area contributed by atoms with Crippen molar-refractivity contribution in [1.29, 1.82) is 0 Å². The van der Waals surface area contributed by atoms with Gasteiger partial charge in [0.1, 0.15) is 52.8 Å². The molecule has 18 nitrogen and oxygen atoms in total. The number of aliphatic hydroxyl groups excluding tert-OH is 1. The molecule has 5 saturated heterocycles. The molecular weight excluding hydrogens is 1100 g/mol. The number of hydrogen-bond acceptors (Lipinski definition) is 17. The van der Waals surface area contributed by atoms with E-state index >= 15 is 13.2 Å². The number of piperidine rings is 1. The van der Waals surface area contributed by atoms with Gasteiger partial charge in [-0.1, -0.05) is 55.3 Å². The van der Waals surface area contributed by atoms with Crippen molar-refractivity contribution in [2.24, 2.45) is 5.92 Å². The highest BCUT2D eigenvalue weighted by atomic mass is 32.1. The normalized spacial score (nSPS) is 21.8. The van der Waals surface area contributed by atoms with Crippen molar-refractivity contribution in [2.75, 3.05) is 88.4 Å². The number of aliphatic hydroxyl groups is 1. The van der Waals surface area contributed by atoms with E-state index < -0.39 is 35.4 Å². The van der Waals surface area contributed by atoms with E-state index in [2.05, 4.69) is 56.3 Å². The predicted molar refractivity (Wildman–Crippen MR) is 315 cm³/mol. The summed E-state index contributed by atoms with van der Waals surface area (Å²) in [4.78, 5) is 57.7. The fraction of sp³-hybridized carbons (Fsp3) is 0.468. The number of aryl methyl sites for hydroxylation is 1. The Morgan fingerprint density at radius 1 is 0.952 bits per heavy atom. The molecule has 84 heavy (non-hydrogen) atoms. The van der Waals surface area contributed by atoms with Crippen LogP contribution in [0.4, 0.5) is 24.8 Å². The average Bonchev–Trinajstić information content (AvgIpc) is 2.21. The Morgan fingerprint density at radius 3 is 2.40 bits per heavy atom. The number of fused-ring (bicyclic) bond motifs is 4. The van der Waals surface area contributed by atoms with Crippen LogP contribution >= 0.6 is 11.3 Å². The summed E-state index contributed by atoms with van der Waals surface area (Å²) in [7, 11) is 0. The lowest BCUT2D eigenvalue weighted by molar-refractivity contribution is -0.141. The van der Waals surface area contributed by atoms with E-state index in [4.69, 9.17) is 20.7 Å². The summed E-state index contributed by atoms with van der Waals surface area (Å²) >= 11 is 1.58. The number of phenols is 1. The molecule has 5 aliphatic rings. The molecule has 2 bridgehead atoms. The number of halogens is 3. The molecule has 5 aliphatic heterocycles. The molecule has 440 valence electrons. The number of thiazole rings is 1. The lowest BCUT2D eigenvalue weighted by atomic mass is 9.91. The molecule has 5 fully saturated rings. The zero-order valence-corrected chi connectivity index (χ0v) is 48.3. The van der Waals surface area contributed by atoms with Gasteiger partial charge < -0.3 is 44.8 Å². The van der Waals surface area contributed by atoms with Gasteiger partial charge in [0.2, 0.25) is 11.8 Å². The Morgan fingerprint density at radius 2 is 1.70 bits per heavy atom. The third-order valence-corrected chi connectivity index (χ3v) is 18.6. The SMILES string of the molecule is C#Cc1c(F)ccc2cc(O)cc(-c3ncc4c(N5CC6CCC(C5)N6)nc(OCCN5CCC(F)(CN6CCN(c7cc(C(C(=O)N8C[C@H](O)C[C@H]8C(=O)NC(C)c8ccc(-c9scnc9C)cc8)C(C)C)on7)CC6)CC5)nc4c3F)c12. The van der Waals surface area contributed by atoms with E-state index in [0.717, 1.165) is 34.5 Å². The lowest BCUT2D eigenvalue weighted by Gasteiger charge is -2.41. The van der Waals surface area contributed by atoms with Gasteiger partial charge in [0.15, 0.2) is 17.4 Å². The fourth-order valence-electron chi connectivity index (χ4n) is 13.1. The largest absolute Gasteiger partial charge is 0.508 e. The van der Waals surface area contributed by atoms with Crippen molar-refractivity contribution < 1.29 is 42.2 Å². The Kier molecular flexibility index (Phi) is 16.0. The molecule has 4 aromatic heterocycles. The number of carbonyl (C=O) groups excluding carboxylic acids is 2. The second-order valence-corrected chi connectivity index (χ2v) is 24.5. The number of alkyl halides is 1. The summed E-state index contributed by atoms with van der Waals surface area (Å²) < 4.78 is 61.0. The van der Waals surface area contributed by atoms with E-state index in [1.165, 1.54) is 35.4 Å². The van der Waals surface area contributed by atoms with Crippen molar-refractivity contribution in [3.8, 4) is 45.8 Å². The van der Waals surface area contributed by atoms with E-state index in [1.807, 2.05) is 57.5 Å². The maximum absolute atomic E-state index is 17.1. The number of terminal acetylenes is 1. The third kappa shape index (κ3) is 11.5. The number of phenolic OH excluding ortho intramolecular Hbond substituents is 1. The highest BCUT2D eigenvalue weighted by molar-refractivity contribution is 7.13. The number of benzene rings is 3. The number of β-amino-alcohol motifs (C(OH)–C–C–N with tert-alkyl or cyclic N) is 1. The smallest absolute Gasteiger partial charge is 0.319 e. The van der Waals surface area contributed by atoms with Gasteiger partial charge in [-0.25, -0.2) is 18.2 Å². The number of pyridine rings is 1. The molecule has 2 amide bonds. The number of rotatable bonds is 16. The Balaban J connectivity index is 0.647. The van der Waals surface area contributed by atoms with Crippen LogP contribution in [0.25, 0.3) is 43.4 Å². The van der Waals surface area contributed by atoms with Crippen molar-refractivity contribution >= 4 is 56.5 Å². The average molecular weight is 1170 g/mol. The Hall–Kier alpha value is -7.42. The van der Waals surface area contributed by atoms with Crippen molar-refractivity contribution in [2.45, 2.75) is 102 Å². The van der Waals surface area contributed by atoms with Crippen LogP contribution in [0.5, 0.6) is 11.8 Å². The van der Waals surface area contributed by atoms with Crippen LogP contribution in [0.3, 0.4) is 0 Å². The molecule has 0 aliphatic carbocycles. The lowest BCUT2D eigenvalue weighted by Crippen LogP contribution is -2.53. The number of aromatic nitrogens is 5. The predicted octanol–water partition coefficient (Wildman–Crippen LogP) is 7.75. The summed E-state index contributed by atoms with van der Waals surface area (Å²) in [5, 5.41) is 33.7. The van der Waals surface area contributed by atoms with Crippen molar-refractivity contribution in [3.63, 3.8) is 0 Å². The monoisotopic (exact) mass is 1170 g/mol. The van der Waals surface area contributed by atoms with Gasteiger partial charge in [0.25, 0.3) is 0 Å². The number of hydrogen-bond donors (Lipinski definition) is 4. The summed E-state index contributed by atoms with van der Waals surface area (Å²) in [6, 6.07) is 14.5. The van der Waals surface area contributed by atoms with Gasteiger partial charge in [-0.3, -0.25) is 24.4 Å². The van der Waals surface area contributed by atoms with Gasteiger partial charge in [0.05, 0.1) is 39.2 Å². The number of nitrogens with one attached hydrogen (secondary N) is 2. The van der Waals surface area contributed by atoms with Gasteiger partial charge >= 0.3 is 6.01 Å². The molecule has 7 aromatic rings. The van der Waals surface area contributed by atoms with E-state index in [0.29, 0.717) is 99.9 Å². The van der Waals surface area contributed by atoms with Crippen LogP contribution in [-0.2, 0) is 9.59 Å². The van der Waals surface area contributed by atoms with Crippen LogP contribution in [0.2, 0.25) is 0 Å². The molecular formula is C62H69F3N12O6S. The summed E-state index contributed by atoms with van der Waals surface area (Å²) in [5.74, 6) is 0.623. The third-order valence-electron chi connectivity index (χ3n) is 17.6. The second-order valence-electron chi connectivity index (χ2n) is 23.6. The number of aromatic hydroxyl groups is 1. The Bertz CT molecular complexity index is 3620. The maximum Gasteiger partial charge on any atom is 0.319 e. The second kappa shape index (κ2) is 23.6. The Labute approximate surface area is 489 Å². The van der Waals surface area contributed by atoms with Crippen LogP contribution in [0.1, 0.15) is 87.4 Å². The van der Waals surface area contributed by atoms with Crippen LogP contribution in [0, 0.1) is 36.8 Å². The molecule has 9 heterocycles. The fourth-order valence-corrected chi connectivity index (χ4v) is 13.9.